The van der Waals surface area contributed by atoms with Crippen molar-refractivity contribution in [1.82, 2.24) is 29.9 Å². The van der Waals surface area contributed by atoms with Crippen molar-refractivity contribution >= 4 is 53.4 Å². The second-order valence-electron chi connectivity index (χ2n) is 16.6. The van der Waals surface area contributed by atoms with E-state index >= 15 is 0 Å². The lowest BCUT2D eigenvalue weighted by Gasteiger charge is -2.12. The largest absolute Gasteiger partial charge is 0.455 e. The number of nitrogens with zero attached hydrogens (tertiary/aromatic N) is 6. The maximum absolute atomic E-state index is 6.91. The van der Waals surface area contributed by atoms with E-state index in [4.69, 9.17) is 34.3 Å². The molecule has 7 nitrogen and oxygen atoms in total. The Hall–Kier alpha value is -8.98. The molecule has 0 fully saturated rings. The molecule has 13 rings (SSSR count). The Morgan fingerprint density at radius 3 is 1.15 bits per heavy atom. The average molecular weight is 889 g/mol. The van der Waals surface area contributed by atoms with E-state index in [2.05, 4.69) is 115 Å². The monoisotopic (exact) mass is 888 g/mol. The predicted octanol–water partition coefficient (Wildman–Crippen LogP) is 15.7. The summed E-state index contributed by atoms with van der Waals surface area (Å²) in [5.74, 6) is 3.39. The Labute approximate surface area is 394 Å². The molecule has 0 saturated heterocycles. The van der Waals surface area contributed by atoms with Crippen LogP contribution in [0.1, 0.15) is 0 Å². The molecule has 0 N–H and O–H groups in total. The van der Waals surface area contributed by atoms with Crippen LogP contribution in [0.5, 0.6) is 0 Å². The fourth-order valence-electron chi connectivity index (χ4n) is 9.21. The summed E-state index contributed by atoms with van der Waals surface area (Å²) in [5, 5.41) is 4.12. The maximum Gasteiger partial charge on any atom is 0.167 e. The lowest BCUT2D eigenvalue weighted by Crippen LogP contribution is -2.02. The number of rotatable bonds is 8. The molecule has 8 heteroatoms. The fraction of sp³-hybridized carbons (Fsp3) is 0. The Kier molecular flexibility index (Phi) is 9.54. The summed E-state index contributed by atoms with van der Waals surface area (Å²) in [4.78, 5) is 31.4. The molecule has 0 atom stereocenters. The third-order valence-corrected chi connectivity index (χ3v) is 13.7. The number of fused-ring (bicyclic) bond motifs is 6. The van der Waals surface area contributed by atoms with Crippen molar-refractivity contribution in [3.05, 3.63) is 218 Å². The van der Waals surface area contributed by atoms with Gasteiger partial charge in [0.05, 0.1) is 5.56 Å². The third kappa shape index (κ3) is 6.82. The van der Waals surface area contributed by atoms with E-state index in [1.165, 1.54) is 0 Å². The number of hydrogen-bond acceptors (Lipinski definition) is 8. The first-order chi connectivity index (χ1) is 33.7. The summed E-state index contributed by atoms with van der Waals surface area (Å²) >= 11 is 1.73. The highest BCUT2D eigenvalue weighted by molar-refractivity contribution is 7.27. The fourth-order valence-corrected chi connectivity index (χ4v) is 10.6. The first-order valence-corrected chi connectivity index (χ1v) is 23.3. The zero-order valence-corrected chi connectivity index (χ0v) is 37.1. The third-order valence-electron chi connectivity index (χ3n) is 12.4. The molecule has 0 spiro atoms. The molecular formula is C60H36N6OS. The second kappa shape index (κ2) is 16.5. The van der Waals surface area contributed by atoms with Gasteiger partial charge in [0, 0.05) is 64.3 Å². The predicted molar refractivity (Wildman–Crippen MR) is 277 cm³/mol. The number of benzene rings is 9. The zero-order chi connectivity index (χ0) is 45.0. The van der Waals surface area contributed by atoms with Gasteiger partial charge in [-0.05, 0) is 34.9 Å². The van der Waals surface area contributed by atoms with Gasteiger partial charge in [0.2, 0.25) is 0 Å². The number of thiophene rings is 1. The lowest BCUT2D eigenvalue weighted by molar-refractivity contribution is 0.670. The van der Waals surface area contributed by atoms with Crippen LogP contribution in [0, 0.1) is 0 Å². The van der Waals surface area contributed by atoms with E-state index < -0.39 is 0 Å². The van der Waals surface area contributed by atoms with Crippen LogP contribution in [0.2, 0.25) is 0 Å². The van der Waals surface area contributed by atoms with Crippen molar-refractivity contribution < 1.29 is 4.42 Å². The molecule has 0 aliphatic heterocycles. The number of furan rings is 1. The highest BCUT2D eigenvalue weighted by Crippen LogP contribution is 2.48. The summed E-state index contributed by atoms with van der Waals surface area (Å²) in [7, 11) is 0. The van der Waals surface area contributed by atoms with Crippen LogP contribution in [0.15, 0.2) is 223 Å². The Morgan fingerprint density at radius 1 is 0.250 bits per heavy atom. The van der Waals surface area contributed by atoms with Gasteiger partial charge in [0.1, 0.15) is 11.2 Å². The van der Waals surface area contributed by atoms with Crippen LogP contribution < -0.4 is 0 Å². The molecule has 4 aromatic heterocycles. The molecule has 0 saturated carbocycles. The molecule has 4 heterocycles. The van der Waals surface area contributed by atoms with Crippen molar-refractivity contribution in [2.24, 2.45) is 0 Å². The highest BCUT2D eigenvalue weighted by Gasteiger charge is 2.24. The minimum Gasteiger partial charge on any atom is -0.455 e. The molecule has 318 valence electrons. The molecule has 0 amide bonds. The molecular weight excluding hydrogens is 853 g/mol. The van der Waals surface area contributed by atoms with Gasteiger partial charge in [-0.2, -0.15) is 0 Å². The van der Waals surface area contributed by atoms with E-state index in [-0.39, 0.29) is 0 Å². The van der Waals surface area contributed by atoms with Crippen LogP contribution in [0.25, 0.3) is 133 Å². The van der Waals surface area contributed by atoms with Gasteiger partial charge in [-0.15, -0.1) is 11.3 Å². The summed E-state index contributed by atoms with van der Waals surface area (Å²) < 4.78 is 9.06. The molecule has 0 bridgehead atoms. The van der Waals surface area contributed by atoms with Crippen LogP contribution >= 0.6 is 11.3 Å². The SMILES string of the molecule is c1ccc(-c2nc(-c3cccc4c3oc3c(-c5ccccc5)cccc34)nc(-c3ccc(-c4nc(-c5ccccc5)nc(-c5ccccc5)n4)c4c3sc3c(-c5ccccc5)cccc34)n2)cc1. The summed E-state index contributed by atoms with van der Waals surface area (Å²) in [6, 6.07) is 74.5. The molecule has 0 aliphatic rings. The van der Waals surface area contributed by atoms with Gasteiger partial charge >= 0.3 is 0 Å². The lowest BCUT2D eigenvalue weighted by atomic mass is 9.98. The standard InChI is InChI=1S/C60H36N6OS/c1-6-19-37(20-7-1)42-29-16-31-44-45-32-18-34-48(52(45)67-51(42)44)59-64-57(41-27-14-5-15-28-41)65-60(66-59)49-36-35-47(50-46-33-17-30-43(53(46)68-54(49)50)38-21-8-2-9-22-38)58-62-55(39-23-10-3-11-24-39)61-56(63-58)40-25-12-4-13-26-40/h1-36H. The highest BCUT2D eigenvalue weighted by atomic mass is 32.1. The Morgan fingerprint density at radius 2 is 0.618 bits per heavy atom. The van der Waals surface area contributed by atoms with Crippen molar-refractivity contribution in [2.75, 3.05) is 0 Å². The van der Waals surface area contributed by atoms with Crippen LogP contribution in [-0.2, 0) is 0 Å². The van der Waals surface area contributed by atoms with Crippen LogP contribution in [-0.4, -0.2) is 29.9 Å². The molecule has 0 unspecified atom stereocenters. The van der Waals surface area contributed by atoms with E-state index in [9.17, 15) is 0 Å². The Bertz CT molecular complexity index is 3950. The topological polar surface area (TPSA) is 90.5 Å². The smallest absolute Gasteiger partial charge is 0.167 e. The van der Waals surface area contributed by atoms with Gasteiger partial charge in [0.15, 0.2) is 34.9 Å². The molecule has 0 aliphatic carbocycles. The molecule has 0 radical (unpaired) electrons. The van der Waals surface area contributed by atoms with Crippen molar-refractivity contribution in [3.8, 4) is 90.6 Å². The number of para-hydroxylation sites is 2. The minimum atomic E-state index is 0.514. The van der Waals surface area contributed by atoms with E-state index in [0.29, 0.717) is 34.9 Å². The van der Waals surface area contributed by atoms with Gasteiger partial charge in [-0.3, -0.25) is 0 Å². The molecule has 13 aromatic rings. The molecule has 9 aromatic carbocycles. The number of aromatic nitrogens is 6. The van der Waals surface area contributed by atoms with Gasteiger partial charge < -0.3 is 4.42 Å². The van der Waals surface area contributed by atoms with Gasteiger partial charge in [-0.25, -0.2) is 29.9 Å². The number of hydrogen-bond donors (Lipinski definition) is 0. The minimum absolute atomic E-state index is 0.514. The van der Waals surface area contributed by atoms with Crippen LogP contribution in [0.4, 0.5) is 0 Å². The van der Waals surface area contributed by atoms with Crippen LogP contribution in [0.3, 0.4) is 0 Å². The summed E-state index contributed by atoms with van der Waals surface area (Å²) in [6.45, 7) is 0. The van der Waals surface area contributed by atoms with Gasteiger partial charge in [0.25, 0.3) is 0 Å². The van der Waals surface area contributed by atoms with Crippen molar-refractivity contribution in [2.45, 2.75) is 0 Å². The second-order valence-corrected chi connectivity index (χ2v) is 17.6. The first kappa shape index (κ1) is 39.4. The molecule has 68 heavy (non-hydrogen) atoms. The maximum atomic E-state index is 6.91. The normalized spacial score (nSPS) is 11.5. The summed E-state index contributed by atoms with van der Waals surface area (Å²) in [6.07, 6.45) is 0. The van der Waals surface area contributed by atoms with Crippen molar-refractivity contribution in [1.29, 1.82) is 0 Å². The van der Waals surface area contributed by atoms with Crippen molar-refractivity contribution in [3.63, 3.8) is 0 Å². The van der Waals surface area contributed by atoms with E-state index in [0.717, 1.165) is 97.7 Å². The summed E-state index contributed by atoms with van der Waals surface area (Å²) in [5.41, 5.74) is 11.1. The Balaban J connectivity index is 1.08. The quantitative estimate of drug-likeness (QED) is 0.150. The van der Waals surface area contributed by atoms with E-state index in [1.54, 1.807) is 11.3 Å². The first-order valence-electron chi connectivity index (χ1n) is 22.4. The average Bonchev–Trinajstić information content (AvgIpc) is 4.01. The van der Waals surface area contributed by atoms with E-state index in [1.807, 2.05) is 103 Å². The zero-order valence-electron chi connectivity index (χ0n) is 36.3. The van der Waals surface area contributed by atoms with Gasteiger partial charge in [-0.1, -0.05) is 200 Å².